The van der Waals surface area contributed by atoms with Gasteiger partial charge < -0.3 is 9.64 Å². The molecule has 2 saturated heterocycles. The van der Waals surface area contributed by atoms with Crippen LogP contribution in [0.1, 0.15) is 25.7 Å². The molecule has 1 aliphatic carbocycles. The third-order valence-electron chi connectivity index (χ3n) is 5.64. The lowest BCUT2D eigenvalue weighted by molar-refractivity contribution is -0.157. The Balaban J connectivity index is 1.45. The van der Waals surface area contributed by atoms with Crippen molar-refractivity contribution in [3.05, 3.63) is 0 Å². The molecule has 2 heterocycles. The van der Waals surface area contributed by atoms with Crippen LogP contribution in [0.3, 0.4) is 0 Å². The van der Waals surface area contributed by atoms with Crippen molar-refractivity contribution >= 4 is 33.7 Å². The van der Waals surface area contributed by atoms with E-state index < -0.39 is 35.1 Å². The van der Waals surface area contributed by atoms with Gasteiger partial charge in [0.05, 0.1) is 18.1 Å². The summed E-state index contributed by atoms with van der Waals surface area (Å²) in [6, 6.07) is 0. The van der Waals surface area contributed by atoms with Gasteiger partial charge in [-0.05, 0) is 12.8 Å². The van der Waals surface area contributed by atoms with Gasteiger partial charge in [0, 0.05) is 26.2 Å². The lowest BCUT2D eigenvalue weighted by atomic mass is 9.81. The Hall–Kier alpha value is -2.01. The summed E-state index contributed by atoms with van der Waals surface area (Å²) in [6.07, 6.45) is 4.25. The van der Waals surface area contributed by atoms with Gasteiger partial charge in [0.2, 0.25) is 21.8 Å². The molecule has 3 rings (SSSR count). The summed E-state index contributed by atoms with van der Waals surface area (Å²) >= 11 is 0. The molecular formula is C17H25N3O7S. The molecule has 0 radical (unpaired) electrons. The van der Waals surface area contributed by atoms with E-state index in [1.54, 1.807) is 0 Å². The number of carbonyl (C=O) groups is 4. The van der Waals surface area contributed by atoms with Crippen molar-refractivity contribution in [1.29, 1.82) is 0 Å². The van der Waals surface area contributed by atoms with Gasteiger partial charge in [-0.2, -0.15) is 4.31 Å². The summed E-state index contributed by atoms with van der Waals surface area (Å²) in [5.41, 5.74) is 0. The number of nitrogens with zero attached hydrogens (tertiary/aromatic N) is 3. The summed E-state index contributed by atoms with van der Waals surface area (Å²) in [5.74, 6) is -2.55. The fourth-order valence-electron chi connectivity index (χ4n) is 4.06. The Morgan fingerprint density at radius 3 is 2.04 bits per heavy atom. The van der Waals surface area contributed by atoms with Crippen molar-refractivity contribution in [2.45, 2.75) is 25.7 Å². The van der Waals surface area contributed by atoms with Crippen molar-refractivity contribution in [1.82, 2.24) is 14.1 Å². The molecule has 0 aromatic heterocycles. The van der Waals surface area contributed by atoms with Gasteiger partial charge in [0.25, 0.3) is 5.91 Å². The van der Waals surface area contributed by atoms with Crippen molar-refractivity contribution in [3.63, 3.8) is 0 Å². The van der Waals surface area contributed by atoms with Crippen LogP contribution in [-0.2, 0) is 33.9 Å². The quantitative estimate of drug-likeness (QED) is 0.409. The average molecular weight is 415 g/mol. The highest BCUT2D eigenvalue weighted by atomic mass is 32.2. The first kappa shape index (κ1) is 20.7. The fraction of sp³-hybridized carbons (Fsp3) is 0.765. The fourth-order valence-corrected chi connectivity index (χ4v) is 4.89. The molecule has 10 nitrogen and oxygen atoms in total. The van der Waals surface area contributed by atoms with Crippen LogP contribution in [0.15, 0.2) is 0 Å². The molecule has 3 aliphatic rings. The average Bonchev–Trinajstić information content (AvgIpc) is 2.91. The molecule has 28 heavy (non-hydrogen) atoms. The molecule has 0 N–H and O–H groups in total. The Bertz CT molecular complexity index is 750. The minimum Gasteiger partial charge on any atom is -0.454 e. The summed E-state index contributed by atoms with van der Waals surface area (Å²) < 4.78 is 29.2. The zero-order valence-corrected chi connectivity index (χ0v) is 16.6. The van der Waals surface area contributed by atoms with Gasteiger partial charge in [-0.3, -0.25) is 24.1 Å². The smallest absolute Gasteiger partial charge is 0.326 e. The topological polar surface area (TPSA) is 121 Å². The predicted octanol–water partition coefficient (Wildman–Crippen LogP) is -1.19. The van der Waals surface area contributed by atoms with Gasteiger partial charge in [-0.1, -0.05) is 12.8 Å². The molecule has 0 spiro atoms. The number of rotatable bonds is 5. The van der Waals surface area contributed by atoms with Crippen molar-refractivity contribution in [3.8, 4) is 0 Å². The monoisotopic (exact) mass is 415 g/mol. The number of piperazine rings is 1. The highest BCUT2D eigenvalue weighted by molar-refractivity contribution is 7.88. The number of likely N-dealkylation sites (tertiary alicyclic amines) is 1. The van der Waals surface area contributed by atoms with E-state index >= 15 is 0 Å². The third kappa shape index (κ3) is 4.35. The van der Waals surface area contributed by atoms with Crippen LogP contribution in [0.2, 0.25) is 0 Å². The number of carbonyl (C=O) groups excluding carboxylic acids is 4. The lowest BCUT2D eigenvalue weighted by Crippen LogP contribution is -2.51. The maximum atomic E-state index is 12.4. The zero-order valence-electron chi connectivity index (χ0n) is 15.8. The third-order valence-corrected chi connectivity index (χ3v) is 6.94. The highest BCUT2D eigenvalue weighted by Crippen LogP contribution is 2.37. The van der Waals surface area contributed by atoms with E-state index in [0.29, 0.717) is 12.8 Å². The number of fused-ring (bicyclic) bond motifs is 1. The number of amides is 3. The molecular weight excluding hydrogens is 390 g/mol. The first-order chi connectivity index (χ1) is 13.2. The van der Waals surface area contributed by atoms with E-state index in [1.165, 1.54) is 9.21 Å². The largest absolute Gasteiger partial charge is 0.454 e. The molecule has 0 bridgehead atoms. The SMILES string of the molecule is CS(=O)(=O)N1CCN(C(=O)COC(=O)CN2C(=O)C3CCCCC3C2=O)CC1. The molecule has 0 aromatic rings. The number of sulfonamides is 1. The van der Waals surface area contributed by atoms with Gasteiger partial charge in [0.1, 0.15) is 6.54 Å². The molecule has 156 valence electrons. The second-order valence-corrected chi connectivity index (χ2v) is 9.45. The van der Waals surface area contributed by atoms with E-state index in [9.17, 15) is 27.6 Å². The van der Waals surface area contributed by atoms with E-state index in [0.717, 1.165) is 24.0 Å². The summed E-state index contributed by atoms with van der Waals surface area (Å²) in [6.45, 7) is -0.150. The van der Waals surface area contributed by atoms with Crippen LogP contribution in [0.25, 0.3) is 0 Å². The van der Waals surface area contributed by atoms with Crippen molar-refractivity contribution in [2.75, 3.05) is 45.6 Å². The summed E-state index contributed by atoms with van der Waals surface area (Å²) in [5, 5.41) is 0. The Morgan fingerprint density at radius 2 is 1.54 bits per heavy atom. The molecule has 3 fully saturated rings. The van der Waals surface area contributed by atoms with E-state index in [2.05, 4.69) is 0 Å². The van der Waals surface area contributed by atoms with Gasteiger partial charge in [0.15, 0.2) is 6.61 Å². The maximum Gasteiger partial charge on any atom is 0.326 e. The predicted molar refractivity (Wildman–Crippen MR) is 96.1 cm³/mol. The van der Waals surface area contributed by atoms with Gasteiger partial charge in [-0.15, -0.1) is 0 Å². The van der Waals surface area contributed by atoms with Crippen LogP contribution < -0.4 is 0 Å². The van der Waals surface area contributed by atoms with Crippen LogP contribution >= 0.6 is 0 Å². The molecule has 1 saturated carbocycles. The number of hydrogen-bond donors (Lipinski definition) is 0. The molecule has 2 unspecified atom stereocenters. The first-order valence-corrected chi connectivity index (χ1v) is 11.3. The van der Waals surface area contributed by atoms with Crippen LogP contribution in [0.5, 0.6) is 0 Å². The molecule has 2 aliphatic heterocycles. The van der Waals surface area contributed by atoms with E-state index in [4.69, 9.17) is 4.74 Å². The summed E-state index contributed by atoms with van der Waals surface area (Å²) in [4.78, 5) is 51.3. The number of imide groups is 1. The second-order valence-electron chi connectivity index (χ2n) is 7.46. The lowest BCUT2D eigenvalue weighted by Gasteiger charge is -2.33. The standard InChI is InChI=1S/C17H25N3O7S/c1-28(25,26)19-8-6-18(7-9-19)14(21)11-27-15(22)10-20-16(23)12-4-2-3-5-13(12)17(20)24/h12-13H,2-11H2,1H3. The maximum absolute atomic E-state index is 12.4. The molecule has 11 heteroatoms. The Morgan fingerprint density at radius 1 is 1.00 bits per heavy atom. The first-order valence-electron chi connectivity index (χ1n) is 9.42. The van der Waals surface area contributed by atoms with E-state index in [1.807, 2.05) is 0 Å². The van der Waals surface area contributed by atoms with Crippen molar-refractivity contribution in [2.24, 2.45) is 11.8 Å². The number of esters is 1. The number of ether oxygens (including phenoxy) is 1. The Labute approximate surface area is 163 Å². The van der Waals surface area contributed by atoms with Crippen LogP contribution in [0.4, 0.5) is 0 Å². The molecule has 3 amide bonds. The Kier molecular flexibility index (Phi) is 6.04. The minimum atomic E-state index is -3.29. The summed E-state index contributed by atoms with van der Waals surface area (Å²) in [7, 11) is -3.29. The zero-order chi connectivity index (χ0) is 20.5. The van der Waals surface area contributed by atoms with Gasteiger partial charge >= 0.3 is 5.97 Å². The normalized spacial score (nSPS) is 26.3. The molecule has 0 aromatic carbocycles. The van der Waals surface area contributed by atoms with Gasteiger partial charge in [-0.25, -0.2) is 8.42 Å². The minimum absolute atomic E-state index is 0.193. The van der Waals surface area contributed by atoms with Crippen LogP contribution in [0, 0.1) is 11.8 Å². The number of hydrogen-bond acceptors (Lipinski definition) is 7. The van der Waals surface area contributed by atoms with E-state index in [-0.39, 0.29) is 49.8 Å². The molecule has 2 atom stereocenters. The second kappa shape index (κ2) is 8.16. The van der Waals surface area contributed by atoms with Crippen LogP contribution in [-0.4, -0.2) is 91.8 Å². The van der Waals surface area contributed by atoms with Crippen molar-refractivity contribution < 1.29 is 32.3 Å². The highest BCUT2D eigenvalue weighted by Gasteiger charge is 2.48.